The third kappa shape index (κ3) is 2.33. The summed E-state index contributed by atoms with van der Waals surface area (Å²) in [4.78, 5) is 40.2. The Morgan fingerprint density at radius 1 is 1.07 bits per heavy atom. The normalized spacial score (nSPS) is 23.4. The number of hydrogen-bond acceptors (Lipinski definition) is 4. The van der Waals surface area contributed by atoms with Crippen molar-refractivity contribution in [1.29, 1.82) is 0 Å². The molecule has 0 bridgehead atoms. The molecule has 1 aromatic heterocycles. The number of fused-ring (bicyclic) bond motifs is 1. The highest BCUT2D eigenvalue weighted by atomic mass is 16.2. The Morgan fingerprint density at radius 2 is 1.75 bits per heavy atom. The minimum absolute atomic E-state index is 0.0183. The van der Waals surface area contributed by atoms with Gasteiger partial charge in [0.15, 0.2) is 5.78 Å². The van der Waals surface area contributed by atoms with Crippen LogP contribution >= 0.6 is 0 Å². The number of Topliss-reactive ketones (excluding diaryl/α,β-unsaturated/α-hetero) is 1. The number of carbonyl (C=O) groups is 2. The van der Waals surface area contributed by atoms with Crippen LogP contribution in [-0.2, 0) is 15.0 Å². The number of aromatic nitrogens is 2. The summed E-state index contributed by atoms with van der Waals surface area (Å²) >= 11 is 0. The van der Waals surface area contributed by atoms with Crippen molar-refractivity contribution in [1.82, 2.24) is 9.97 Å². The van der Waals surface area contributed by atoms with Crippen LogP contribution < -0.4 is 4.90 Å². The molecule has 1 atom stereocenters. The molecule has 138 valence electrons. The molecule has 28 heavy (non-hydrogen) atoms. The summed E-state index contributed by atoms with van der Waals surface area (Å²) in [6.07, 6.45) is 6.59. The molecule has 4 rings (SSSR count). The van der Waals surface area contributed by atoms with Gasteiger partial charge in [-0.15, -0.1) is 0 Å². The van der Waals surface area contributed by atoms with Crippen molar-refractivity contribution >= 4 is 17.6 Å². The number of hydrogen-bond donors (Lipinski definition) is 0. The van der Waals surface area contributed by atoms with E-state index in [-0.39, 0.29) is 23.9 Å². The molecule has 0 radical (unpaired) electrons. The average Bonchev–Trinajstić information content (AvgIpc) is 2.73. The maximum atomic E-state index is 13.9. The molecule has 2 aliphatic rings. The fraction of sp³-hybridized carbons (Fsp3) is 0.227. The smallest absolute Gasteiger partial charge is 0.247 e. The van der Waals surface area contributed by atoms with Crippen molar-refractivity contribution in [2.45, 2.75) is 19.3 Å². The molecule has 6 nitrogen and oxygen atoms in total. The van der Waals surface area contributed by atoms with Gasteiger partial charge in [-0.3, -0.25) is 9.69 Å². The van der Waals surface area contributed by atoms with Gasteiger partial charge in [0.1, 0.15) is 5.41 Å². The summed E-state index contributed by atoms with van der Waals surface area (Å²) in [5, 5.41) is 0. The van der Waals surface area contributed by atoms with Gasteiger partial charge in [-0.2, -0.15) is 0 Å². The Bertz CT molecular complexity index is 1060. The van der Waals surface area contributed by atoms with Gasteiger partial charge >= 0.3 is 0 Å². The molecular formula is C22H18N4O2. The van der Waals surface area contributed by atoms with Crippen molar-refractivity contribution in [2.75, 3.05) is 11.4 Å². The van der Waals surface area contributed by atoms with Gasteiger partial charge in [0.2, 0.25) is 17.6 Å². The van der Waals surface area contributed by atoms with E-state index in [1.807, 2.05) is 36.4 Å². The predicted octanol–water partition coefficient (Wildman–Crippen LogP) is 3.10. The van der Waals surface area contributed by atoms with Gasteiger partial charge in [-0.05, 0) is 17.2 Å². The molecule has 0 spiro atoms. The number of benzene rings is 1. The van der Waals surface area contributed by atoms with Crippen LogP contribution in [0.4, 0.5) is 5.95 Å². The molecular weight excluding hydrogens is 352 g/mol. The number of ketones is 1. The molecule has 0 saturated carbocycles. The largest absolute Gasteiger partial charge is 0.307 e. The molecule has 1 amide bonds. The van der Waals surface area contributed by atoms with Crippen LogP contribution in [0, 0.1) is 12.0 Å². The number of anilines is 1. The zero-order valence-electron chi connectivity index (χ0n) is 15.6. The van der Waals surface area contributed by atoms with Crippen molar-refractivity contribution < 1.29 is 9.59 Å². The first kappa shape index (κ1) is 17.8. The van der Waals surface area contributed by atoms with E-state index in [0.717, 1.165) is 0 Å². The predicted molar refractivity (Wildman–Crippen MR) is 104 cm³/mol. The van der Waals surface area contributed by atoms with E-state index in [4.69, 9.17) is 6.57 Å². The van der Waals surface area contributed by atoms with Crippen LogP contribution in [0.15, 0.2) is 72.2 Å². The summed E-state index contributed by atoms with van der Waals surface area (Å²) < 4.78 is 0. The number of amides is 1. The Hall–Kier alpha value is -3.59. The van der Waals surface area contributed by atoms with Crippen LogP contribution in [0.3, 0.4) is 0 Å². The first-order chi connectivity index (χ1) is 13.4. The van der Waals surface area contributed by atoms with Crippen molar-refractivity contribution in [3.8, 4) is 0 Å². The van der Waals surface area contributed by atoms with E-state index in [1.165, 1.54) is 11.0 Å². The van der Waals surface area contributed by atoms with E-state index in [0.29, 0.717) is 17.1 Å². The van der Waals surface area contributed by atoms with Crippen molar-refractivity contribution in [3.63, 3.8) is 0 Å². The lowest BCUT2D eigenvalue weighted by atomic mass is 9.57. The van der Waals surface area contributed by atoms with E-state index in [9.17, 15) is 9.59 Å². The summed E-state index contributed by atoms with van der Waals surface area (Å²) in [6, 6.07) is 11.0. The molecule has 6 heteroatoms. The fourth-order valence-electron chi connectivity index (χ4n) is 4.10. The van der Waals surface area contributed by atoms with Crippen LogP contribution in [0.1, 0.15) is 19.4 Å². The zero-order valence-corrected chi connectivity index (χ0v) is 15.6. The fourth-order valence-corrected chi connectivity index (χ4v) is 4.10. The first-order valence-corrected chi connectivity index (χ1v) is 8.93. The molecule has 0 unspecified atom stereocenters. The Morgan fingerprint density at radius 3 is 2.39 bits per heavy atom. The van der Waals surface area contributed by atoms with Gasteiger partial charge in [0, 0.05) is 24.4 Å². The highest BCUT2D eigenvalue weighted by Gasteiger charge is 2.57. The number of allylic oxidation sites excluding steroid dienone is 1. The third-order valence-electron chi connectivity index (χ3n) is 5.46. The average molecular weight is 370 g/mol. The van der Waals surface area contributed by atoms with Crippen LogP contribution in [0.5, 0.6) is 0 Å². The standard InChI is InChI=1S/C22H18N4O2/c1-21(2)17-10-13-26(20-24-11-7-12-25-20)19(28)22(17,14-16(23-3)18(21)27)15-8-5-4-6-9-15/h4-12,14H,13H2,1-2H3/t22-/m1/s1. The summed E-state index contributed by atoms with van der Waals surface area (Å²) in [7, 11) is 0. The molecule has 0 N–H and O–H groups in total. The summed E-state index contributed by atoms with van der Waals surface area (Å²) in [5.41, 5.74) is -0.815. The Labute approximate surface area is 163 Å². The van der Waals surface area contributed by atoms with Crippen LogP contribution in [0.2, 0.25) is 0 Å². The van der Waals surface area contributed by atoms with Crippen LogP contribution in [0.25, 0.3) is 4.85 Å². The SMILES string of the molecule is [C-]#[N+]C1=C[C@]2(c3ccccc3)C(=O)N(c3ncccn3)CC=C2C(C)(C)C1=O. The second-order valence-electron chi connectivity index (χ2n) is 7.35. The van der Waals surface area contributed by atoms with Gasteiger partial charge in [0.25, 0.3) is 0 Å². The highest BCUT2D eigenvalue weighted by Crippen LogP contribution is 2.52. The van der Waals surface area contributed by atoms with E-state index >= 15 is 0 Å². The lowest BCUT2D eigenvalue weighted by Crippen LogP contribution is -2.57. The van der Waals surface area contributed by atoms with Crippen molar-refractivity contribution in [3.05, 3.63) is 89.2 Å². The minimum atomic E-state index is -1.24. The van der Waals surface area contributed by atoms with E-state index in [2.05, 4.69) is 14.8 Å². The number of carbonyl (C=O) groups excluding carboxylic acids is 2. The zero-order chi connectivity index (χ0) is 19.9. The monoisotopic (exact) mass is 370 g/mol. The quantitative estimate of drug-likeness (QED) is 0.602. The molecule has 1 aromatic carbocycles. The third-order valence-corrected chi connectivity index (χ3v) is 5.46. The minimum Gasteiger partial charge on any atom is -0.307 e. The molecule has 2 aromatic rings. The number of rotatable bonds is 2. The van der Waals surface area contributed by atoms with Crippen LogP contribution in [-0.4, -0.2) is 28.2 Å². The molecule has 0 fully saturated rings. The van der Waals surface area contributed by atoms with Gasteiger partial charge in [0.05, 0.1) is 6.57 Å². The molecule has 0 saturated heterocycles. The van der Waals surface area contributed by atoms with E-state index < -0.39 is 10.8 Å². The van der Waals surface area contributed by atoms with E-state index in [1.54, 1.807) is 32.3 Å². The lowest BCUT2D eigenvalue weighted by Gasteiger charge is -2.48. The van der Waals surface area contributed by atoms with Gasteiger partial charge in [-0.25, -0.2) is 14.8 Å². The maximum absolute atomic E-state index is 13.9. The summed E-state index contributed by atoms with van der Waals surface area (Å²) in [5.74, 6) is -0.229. The first-order valence-electron chi connectivity index (χ1n) is 8.93. The maximum Gasteiger partial charge on any atom is 0.247 e. The second-order valence-corrected chi connectivity index (χ2v) is 7.35. The molecule has 1 aliphatic heterocycles. The molecule has 2 heterocycles. The number of nitrogens with zero attached hydrogens (tertiary/aromatic N) is 4. The Kier molecular flexibility index (Phi) is 3.97. The highest BCUT2D eigenvalue weighted by molar-refractivity contribution is 6.14. The topological polar surface area (TPSA) is 67.5 Å². The Balaban J connectivity index is 2.03. The van der Waals surface area contributed by atoms with Gasteiger partial charge < -0.3 is 4.79 Å². The lowest BCUT2D eigenvalue weighted by molar-refractivity contribution is -0.125. The summed E-state index contributed by atoms with van der Waals surface area (Å²) in [6.45, 7) is 11.3. The molecule has 1 aliphatic carbocycles. The van der Waals surface area contributed by atoms with Gasteiger partial charge in [-0.1, -0.05) is 56.3 Å². The van der Waals surface area contributed by atoms with Crippen molar-refractivity contribution in [2.24, 2.45) is 5.41 Å². The second kappa shape index (κ2) is 6.24.